The summed E-state index contributed by atoms with van der Waals surface area (Å²) >= 11 is 0. The maximum Gasteiger partial charge on any atom is 0.322 e. The second-order valence-corrected chi connectivity index (χ2v) is 5.32. The van der Waals surface area contributed by atoms with Crippen LogP contribution in [0.3, 0.4) is 0 Å². The van der Waals surface area contributed by atoms with Gasteiger partial charge in [0.25, 0.3) is 11.6 Å². The van der Waals surface area contributed by atoms with Crippen molar-refractivity contribution < 1.29 is 18.6 Å². The SMILES string of the molecule is O=C(Nc1nnc(-c2ccc([N+](=O)[O-])cc2)o1)c1cc2ccccc2o1. The van der Waals surface area contributed by atoms with Crippen molar-refractivity contribution in [3.8, 4) is 11.5 Å². The van der Waals surface area contributed by atoms with Crippen LogP contribution in [0.2, 0.25) is 0 Å². The van der Waals surface area contributed by atoms with Crippen molar-refractivity contribution >= 4 is 28.6 Å². The number of nitrogens with one attached hydrogen (secondary N) is 1. The zero-order valence-corrected chi connectivity index (χ0v) is 13.1. The van der Waals surface area contributed by atoms with Gasteiger partial charge >= 0.3 is 6.01 Å². The molecule has 1 amide bonds. The second-order valence-electron chi connectivity index (χ2n) is 5.32. The van der Waals surface area contributed by atoms with E-state index < -0.39 is 10.8 Å². The number of hydrogen-bond acceptors (Lipinski definition) is 7. The van der Waals surface area contributed by atoms with Crippen LogP contribution in [0.1, 0.15) is 10.6 Å². The number of carbonyl (C=O) groups is 1. The number of anilines is 1. The van der Waals surface area contributed by atoms with Gasteiger partial charge in [0.2, 0.25) is 5.89 Å². The number of aromatic nitrogens is 2. The van der Waals surface area contributed by atoms with Crippen LogP contribution in [0.25, 0.3) is 22.4 Å². The Morgan fingerprint density at radius 3 is 2.54 bits per heavy atom. The van der Waals surface area contributed by atoms with E-state index in [-0.39, 0.29) is 23.4 Å². The molecular formula is C17H10N4O5. The van der Waals surface area contributed by atoms with E-state index in [2.05, 4.69) is 15.5 Å². The predicted molar refractivity (Wildman–Crippen MR) is 90.6 cm³/mol. The fourth-order valence-electron chi connectivity index (χ4n) is 2.37. The van der Waals surface area contributed by atoms with Crippen molar-refractivity contribution in [1.29, 1.82) is 0 Å². The van der Waals surface area contributed by atoms with Crippen LogP contribution in [-0.4, -0.2) is 21.0 Å². The first-order valence-electron chi connectivity index (χ1n) is 7.48. The standard InChI is InChI=1S/C17H10N4O5/c22-15(14-9-11-3-1-2-4-13(11)25-14)18-17-20-19-16(26-17)10-5-7-12(8-6-10)21(23)24/h1-9H,(H,18,20,22). The van der Waals surface area contributed by atoms with Crippen molar-refractivity contribution in [1.82, 2.24) is 10.2 Å². The van der Waals surface area contributed by atoms with Gasteiger partial charge < -0.3 is 8.83 Å². The molecule has 0 bridgehead atoms. The number of nitrogens with zero attached hydrogens (tertiary/aromatic N) is 3. The molecule has 0 aliphatic carbocycles. The molecule has 0 unspecified atom stereocenters. The van der Waals surface area contributed by atoms with E-state index in [9.17, 15) is 14.9 Å². The topological polar surface area (TPSA) is 124 Å². The van der Waals surface area contributed by atoms with Gasteiger partial charge in [-0.15, -0.1) is 5.10 Å². The second kappa shape index (κ2) is 6.13. The number of benzene rings is 2. The molecule has 26 heavy (non-hydrogen) atoms. The smallest absolute Gasteiger partial charge is 0.322 e. The molecule has 0 radical (unpaired) electrons. The first kappa shape index (κ1) is 15.5. The third kappa shape index (κ3) is 2.88. The van der Waals surface area contributed by atoms with Crippen molar-refractivity contribution in [2.24, 2.45) is 0 Å². The molecule has 0 fully saturated rings. The van der Waals surface area contributed by atoms with Gasteiger partial charge in [0.1, 0.15) is 5.58 Å². The molecule has 0 aliphatic heterocycles. The highest BCUT2D eigenvalue weighted by atomic mass is 16.6. The monoisotopic (exact) mass is 350 g/mol. The summed E-state index contributed by atoms with van der Waals surface area (Å²) in [7, 11) is 0. The van der Waals surface area contributed by atoms with Gasteiger partial charge in [-0.2, -0.15) is 0 Å². The number of amides is 1. The number of nitro benzene ring substituents is 1. The van der Waals surface area contributed by atoms with Crippen LogP contribution in [-0.2, 0) is 0 Å². The summed E-state index contributed by atoms with van der Waals surface area (Å²) in [4.78, 5) is 22.4. The van der Waals surface area contributed by atoms with Crippen molar-refractivity contribution in [2.75, 3.05) is 5.32 Å². The fraction of sp³-hybridized carbons (Fsp3) is 0. The molecule has 4 aromatic rings. The van der Waals surface area contributed by atoms with E-state index in [4.69, 9.17) is 8.83 Å². The van der Waals surface area contributed by atoms with Crippen LogP contribution < -0.4 is 5.32 Å². The maximum atomic E-state index is 12.2. The molecule has 4 rings (SSSR count). The molecule has 0 atom stereocenters. The number of furan rings is 1. The zero-order chi connectivity index (χ0) is 18.1. The Hall–Kier alpha value is -4.01. The van der Waals surface area contributed by atoms with Gasteiger partial charge in [0.15, 0.2) is 5.76 Å². The highest BCUT2D eigenvalue weighted by Gasteiger charge is 2.16. The number of non-ortho nitro benzene ring substituents is 1. The molecule has 1 N–H and O–H groups in total. The number of carbonyl (C=O) groups excluding carboxylic acids is 1. The summed E-state index contributed by atoms with van der Waals surface area (Å²) in [6.07, 6.45) is 0. The van der Waals surface area contributed by atoms with E-state index in [0.29, 0.717) is 11.1 Å². The molecule has 9 nitrogen and oxygen atoms in total. The molecule has 0 saturated carbocycles. The Bertz CT molecular complexity index is 1080. The van der Waals surface area contributed by atoms with Crippen molar-refractivity contribution in [3.05, 3.63) is 70.5 Å². The lowest BCUT2D eigenvalue weighted by atomic mass is 10.2. The minimum atomic E-state index is -0.528. The third-order valence-electron chi connectivity index (χ3n) is 3.62. The zero-order valence-electron chi connectivity index (χ0n) is 13.1. The lowest BCUT2D eigenvalue weighted by Gasteiger charge is -1.96. The molecule has 128 valence electrons. The highest BCUT2D eigenvalue weighted by molar-refractivity contribution is 6.03. The average molecular weight is 350 g/mol. The summed E-state index contributed by atoms with van der Waals surface area (Å²) in [5, 5.41) is 21.5. The fourth-order valence-corrected chi connectivity index (χ4v) is 2.37. The molecule has 9 heteroatoms. The van der Waals surface area contributed by atoms with Gasteiger partial charge in [-0.05, 0) is 24.3 Å². The lowest BCUT2D eigenvalue weighted by Crippen LogP contribution is -2.10. The van der Waals surface area contributed by atoms with Crippen LogP contribution in [0.5, 0.6) is 0 Å². The van der Waals surface area contributed by atoms with Gasteiger partial charge in [0.05, 0.1) is 4.92 Å². The number of hydrogen-bond donors (Lipinski definition) is 1. The quantitative estimate of drug-likeness (QED) is 0.440. The summed E-state index contributed by atoms with van der Waals surface area (Å²) in [5.74, 6) is -0.291. The van der Waals surface area contributed by atoms with Gasteiger partial charge in [-0.1, -0.05) is 23.3 Å². The van der Waals surface area contributed by atoms with E-state index in [1.54, 1.807) is 12.1 Å². The van der Waals surface area contributed by atoms with Gasteiger partial charge in [-0.3, -0.25) is 20.2 Å². The summed E-state index contributed by atoms with van der Waals surface area (Å²) < 4.78 is 10.8. The Morgan fingerprint density at radius 1 is 1.04 bits per heavy atom. The van der Waals surface area contributed by atoms with E-state index >= 15 is 0 Å². The Labute approximate surface area is 145 Å². The first-order valence-corrected chi connectivity index (χ1v) is 7.48. The average Bonchev–Trinajstić information content (AvgIpc) is 3.28. The van der Waals surface area contributed by atoms with Crippen LogP contribution in [0.15, 0.2) is 63.4 Å². The van der Waals surface area contributed by atoms with E-state index in [1.807, 2.05) is 18.2 Å². The van der Waals surface area contributed by atoms with Gasteiger partial charge in [0, 0.05) is 23.1 Å². The Kier molecular flexibility index (Phi) is 3.66. The highest BCUT2D eigenvalue weighted by Crippen LogP contribution is 2.23. The molecule has 2 heterocycles. The van der Waals surface area contributed by atoms with Crippen LogP contribution >= 0.6 is 0 Å². The number of rotatable bonds is 4. The first-order chi connectivity index (χ1) is 12.6. The molecule has 2 aromatic heterocycles. The summed E-state index contributed by atoms with van der Waals surface area (Å²) in [6.45, 7) is 0. The summed E-state index contributed by atoms with van der Waals surface area (Å²) in [6, 6.07) is 14.4. The molecule has 0 saturated heterocycles. The normalized spacial score (nSPS) is 10.8. The third-order valence-corrected chi connectivity index (χ3v) is 3.62. The van der Waals surface area contributed by atoms with Gasteiger partial charge in [-0.25, -0.2) is 0 Å². The lowest BCUT2D eigenvalue weighted by molar-refractivity contribution is -0.384. The Balaban J connectivity index is 1.52. The van der Waals surface area contributed by atoms with Crippen LogP contribution in [0, 0.1) is 10.1 Å². The van der Waals surface area contributed by atoms with Crippen molar-refractivity contribution in [2.45, 2.75) is 0 Å². The van der Waals surface area contributed by atoms with Crippen molar-refractivity contribution in [3.63, 3.8) is 0 Å². The predicted octanol–water partition coefficient (Wildman–Crippen LogP) is 3.64. The number of para-hydroxylation sites is 1. The minimum absolute atomic E-state index is 0.0494. The molecular weight excluding hydrogens is 340 g/mol. The maximum absolute atomic E-state index is 12.2. The van der Waals surface area contributed by atoms with E-state index in [1.165, 1.54) is 24.3 Å². The minimum Gasteiger partial charge on any atom is -0.451 e. The Morgan fingerprint density at radius 2 is 1.81 bits per heavy atom. The largest absolute Gasteiger partial charge is 0.451 e. The summed E-state index contributed by atoms with van der Waals surface area (Å²) in [5.41, 5.74) is 1.04. The molecule has 2 aromatic carbocycles. The molecule has 0 aliphatic rings. The van der Waals surface area contributed by atoms with Crippen LogP contribution in [0.4, 0.5) is 11.7 Å². The number of nitro groups is 1. The number of fused-ring (bicyclic) bond motifs is 1. The molecule has 0 spiro atoms. The van der Waals surface area contributed by atoms with E-state index in [0.717, 1.165) is 5.39 Å².